The highest BCUT2D eigenvalue weighted by Gasteiger charge is 2.08. The second-order valence-corrected chi connectivity index (χ2v) is 3.23. The number of thiazole rings is 1. The maximum Gasteiger partial charge on any atom is 0.355 e. The van der Waals surface area contributed by atoms with E-state index < -0.39 is 5.97 Å². The van der Waals surface area contributed by atoms with Crippen LogP contribution in [0, 0.1) is 12.3 Å². The van der Waals surface area contributed by atoms with Gasteiger partial charge in [0, 0.05) is 5.38 Å². The first-order valence-electron chi connectivity index (χ1n) is 3.55. The summed E-state index contributed by atoms with van der Waals surface area (Å²) in [7, 11) is 0. The number of nitrogens with one attached hydrogen (secondary N) is 1. The van der Waals surface area contributed by atoms with Crippen molar-refractivity contribution in [1.29, 1.82) is 0 Å². The fourth-order valence-corrected chi connectivity index (χ4v) is 1.44. The van der Waals surface area contributed by atoms with Crippen molar-refractivity contribution < 1.29 is 9.90 Å². The summed E-state index contributed by atoms with van der Waals surface area (Å²) in [5, 5.41) is 13.4. The van der Waals surface area contributed by atoms with Crippen LogP contribution in [0.3, 0.4) is 0 Å². The van der Waals surface area contributed by atoms with Crippen LogP contribution >= 0.6 is 11.3 Å². The van der Waals surface area contributed by atoms with Gasteiger partial charge in [-0.15, -0.1) is 17.8 Å². The maximum absolute atomic E-state index is 10.4. The third-order valence-electron chi connectivity index (χ3n) is 1.31. The number of carboxylic acids is 1. The topological polar surface area (TPSA) is 62.2 Å². The lowest BCUT2D eigenvalue weighted by Crippen LogP contribution is -2.11. The van der Waals surface area contributed by atoms with Gasteiger partial charge >= 0.3 is 5.97 Å². The number of terminal acetylenes is 1. The molecule has 0 radical (unpaired) electrons. The summed E-state index contributed by atoms with van der Waals surface area (Å²) < 4.78 is 0. The zero-order valence-corrected chi connectivity index (χ0v) is 7.76. The van der Waals surface area contributed by atoms with Crippen LogP contribution in [-0.4, -0.2) is 22.1 Å². The zero-order chi connectivity index (χ0) is 9.84. The van der Waals surface area contributed by atoms with Crippen LogP contribution in [0.1, 0.15) is 17.4 Å². The highest BCUT2D eigenvalue weighted by atomic mass is 32.1. The first-order valence-corrected chi connectivity index (χ1v) is 4.43. The molecule has 0 aliphatic carbocycles. The molecule has 0 saturated heterocycles. The molecule has 1 atom stereocenters. The lowest BCUT2D eigenvalue weighted by Gasteiger charge is -2.03. The lowest BCUT2D eigenvalue weighted by molar-refractivity contribution is 0.0691. The Bertz CT molecular complexity index is 353. The van der Waals surface area contributed by atoms with E-state index >= 15 is 0 Å². The molecule has 0 aliphatic rings. The number of hydrogen-bond donors (Lipinski definition) is 2. The van der Waals surface area contributed by atoms with E-state index in [0.717, 1.165) is 0 Å². The van der Waals surface area contributed by atoms with Gasteiger partial charge < -0.3 is 10.4 Å². The molecule has 0 bridgehead atoms. The van der Waals surface area contributed by atoms with Crippen LogP contribution in [0.25, 0.3) is 0 Å². The Hall–Kier alpha value is -1.54. The Morgan fingerprint density at radius 1 is 1.92 bits per heavy atom. The van der Waals surface area contributed by atoms with Crippen molar-refractivity contribution in [1.82, 2.24) is 4.98 Å². The van der Waals surface area contributed by atoms with E-state index in [4.69, 9.17) is 11.5 Å². The van der Waals surface area contributed by atoms with Crippen LogP contribution in [0.4, 0.5) is 5.13 Å². The number of carbonyl (C=O) groups is 1. The molecule has 0 saturated carbocycles. The SMILES string of the molecule is C#CC(C)Nc1nc(C(=O)O)cs1. The first kappa shape index (κ1) is 9.55. The number of hydrogen-bond acceptors (Lipinski definition) is 4. The molecule has 1 aromatic heterocycles. The Morgan fingerprint density at radius 3 is 3.08 bits per heavy atom. The van der Waals surface area contributed by atoms with E-state index in [1.54, 1.807) is 6.92 Å². The van der Waals surface area contributed by atoms with Gasteiger partial charge in [-0.25, -0.2) is 9.78 Å². The Morgan fingerprint density at radius 2 is 2.62 bits per heavy atom. The summed E-state index contributed by atoms with van der Waals surface area (Å²) in [6, 6.07) is -0.146. The van der Waals surface area contributed by atoms with Crippen LogP contribution in [0.5, 0.6) is 0 Å². The van der Waals surface area contributed by atoms with Crippen LogP contribution in [0.15, 0.2) is 5.38 Å². The number of carboxylic acid groups (broad SMARTS) is 1. The third-order valence-corrected chi connectivity index (χ3v) is 2.09. The van der Waals surface area contributed by atoms with Crippen molar-refractivity contribution in [2.75, 3.05) is 5.32 Å². The predicted molar refractivity (Wildman–Crippen MR) is 51.0 cm³/mol. The minimum absolute atomic E-state index is 0.0386. The molecule has 1 rings (SSSR count). The second-order valence-electron chi connectivity index (χ2n) is 2.38. The average molecular weight is 196 g/mol. The van der Waals surface area contributed by atoms with Gasteiger partial charge in [0.15, 0.2) is 10.8 Å². The van der Waals surface area contributed by atoms with E-state index in [-0.39, 0.29) is 11.7 Å². The van der Waals surface area contributed by atoms with Crippen LogP contribution in [0.2, 0.25) is 0 Å². The summed E-state index contributed by atoms with van der Waals surface area (Å²) in [5.74, 6) is 1.43. The molecule has 0 fully saturated rings. The van der Waals surface area contributed by atoms with Gasteiger partial charge in [-0.05, 0) is 6.92 Å². The minimum Gasteiger partial charge on any atom is -0.476 e. The summed E-state index contributed by atoms with van der Waals surface area (Å²) in [6.07, 6.45) is 5.13. The van der Waals surface area contributed by atoms with Crippen molar-refractivity contribution in [3.8, 4) is 12.3 Å². The molecule has 0 spiro atoms. The van der Waals surface area contributed by atoms with Gasteiger partial charge in [-0.1, -0.05) is 5.92 Å². The van der Waals surface area contributed by atoms with E-state index in [1.807, 2.05) is 0 Å². The van der Waals surface area contributed by atoms with Gasteiger partial charge in [0.2, 0.25) is 0 Å². The van der Waals surface area contributed by atoms with Crippen molar-refractivity contribution in [3.05, 3.63) is 11.1 Å². The van der Waals surface area contributed by atoms with E-state index in [0.29, 0.717) is 5.13 Å². The average Bonchev–Trinajstić information content (AvgIpc) is 2.52. The van der Waals surface area contributed by atoms with E-state index in [9.17, 15) is 4.79 Å². The normalized spacial score (nSPS) is 11.7. The molecule has 5 heteroatoms. The quantitative estimate of drug-likeness (QED) is 0.715. The van der Waals surface area contributed by atoms with E-state index in [1.165, 1.54) is 16.7 Å². The molecule has 1 unspecified atom stereocenters. The predicted octanol–water partition coefficient (Wildman–Crippen LogP) is 1.27. The first-order chi connectivity index (χ1) is 6.13. The molecule has 4 nitrogen and oxygen atoms in total. The van der Waals surface area contributed by atoms with Gasteiger partial charge in [0.25, 0.3) is 0 Å². The van der Waals surface area contributed by atoms with Gasteiger partial charge in [-0.2, -0.15) is 0 Å². The third kappa shape index (κ3) is 2.46. The molecule has 0 amide bonds. The molecular formula is C8H8N2O2S. The van der Waals surface area contributed by atoms with Crippen LogP contribution in [-0.2, 0) is 0 Å². The van der Waals surface area contributed by atoms with E-state index in [2.05, 4.69) is 16.2 Å². The van der Waals surface area contributed by atoms with Crippen molar-refractivity contribution >= 4 is 22.4 Å². The number of aromatic carboxylic acids is 1. The molecule has 0 aliphatic heterocycles. The zero-order valence-electron chi connectivity index (χ0n) is 6.94. The summed E-state index contributed by atoms with van der Waals surface area (Å²) in [5.41, 5.74) is 0.0386. The largest absolute Gasteiger partial charge is 0.476 e. The lowest BCUT2D eigenvalue weighted by atomic mass is 10.4. The summed E-state index contributed by atoms with van der Waals surface area (Å²) in [6.45, 7) is 1.79. The Kier molecular flexibility index (Phi) is 2.88. The van der Waals surface area contributed by atoms with Crippen molar-refractivity contribution in [3.63, 3.8) is 0 Å². The molecule has 2 N–H and O–H groups in total. The molecule has 0 aromatic carbocycles. The molecule has 1 aromatic rings. The minimum atomic E-state index is -1.03. The monoisotopic (exact) mass is 196 g/mol. The molecule has 1 heterocycles. The maximum atomic E-state index is 10.4. The number of rotatable bonds is 3. The Balaban J connectivity index is 2.70. The number of aromatic nitrogens is 1. The van der Waals surface area contributed by atoms with Gasteiger partial charge in [-0.3, -0.25) is 0 Å². The summed E-state index contributed by atoms with van der Waals surface area (Å²) in [4.78, 5) is 14.3. The smallest absolute Gasteiger partial charge is 0.355 e. The molecular weight excluding hydrogens is 188 g/mol. The van der Waals surface area contributed by atoms with Crippen molar-refractivity contribution in [2.45, 2.75) is 13.0 Å². The van der Waals surface area contributed by atoms with Crippen molar-refractivity contribution in [2.24, 2.45) is 0 Å². The van der Waals surface area contributed by atoms with Gasteiger partial charge in [0.1, 0.15) is 0 Å². The standard InChI is InChI=1S/C8H8N2O2S/c1-3-5(2)9-8-10-6(4-13-8)7(11)12/h1,4-5H,2H3,(H,9,10)(H,11,12). The summed E-state index contributed by atoms with van der Waals surface area (Å²) >= 11 is 1.22. The number of nitrogens with zero attached hydrogens (tertiary/aromatic N) is 1. The van der Waals surface area contributed by atoms with Crippen LogP contribution < -0.4 is 5.32 Å². The highest BCUT2D eigenvalue weighted by molar-refractivity contribution is 7.13. The fraction of sp³-hybridized carbons (Fsp3) is 0.250. The fourth-order valence-electron chi connectivity index (χ4n) is 0.665. The Labute approximate surface area is 79.6 Å². The molecule has 13 heavy (non-hydrogen) atoms. The molecule has 68 valence electrons. The highest BCUT2D eigenvalue weighted by Crippen LogP contribution is 2.15. The van der Waals surface area contributed by atoms with Gasteiger partial charge in [0.05, 0.1) is 6.04 Å². The number of anilines is 1. The second kappa shape index (κ2) is 3.92.